The number of aromatic hydroxyl groups is 2. The summed E-state index contributed by atoms with van der Waals surface area (Å²) in [7, 11) is 0. The molecule has 1 aliphatic rings. The summed E-state index contributed by atoms with van der Waals surface area (Å²) in [5.41, 5.74) is 0.121. The molecule has 1 aliphatic heterocycles. The number of rotatable bonds is 3. The van der Waals surface area contributed by atoms with Crippen LogP contribution >= 0.6 is 11.8 Å². The quantitative estimate of drug-likeness (QED) is 0.734. The Balaban J connectivity index is 1.92. The van der Waals surface area contributed by atoms with Crippen LogP contribution < -0.4 is 5.32 Å². The zero-order valence-corrected chi connectivity index (χ0v) is 10.9. The second-order valence-corrected chi connectivity index (χ2v) is 5.81. The number of phenols is 2. The van der Waals surface area contributed by atoms with E-state index >= 15 is 0 Å². The van der Waals surface area contributed by atoms with E-state index in [4.69, 9.17) is 0 Å². The molecule has 0 aromatic heterocycles. The molecule has 0 saturated carbocycles. The molecule has 1 aromatic rings. The summed E-state index contributed by atoms with van der Waals surface area (Å²) in [5, 5.41) is 22.1. The number of phenolic OH excluding ortho intramolecular Hbond substituents is 2. The van der Waals surface area contributed by atoms with Gasteiger partial charge in [-0.15, -0.1) is 0 Å². The number of nitrogens with one attached hydrogen (secondary N) is 1. The van der Waals surface area contributed by atoms with Gasteiger partial charge in [0.1, 0.15) is 11.5 Å². The fourth-order valence-corrected chi connectivity index (χ4v) is 3.21. The molecule has 5 heteroatoms. The molecule has 1 atom stereocenters. The molecule has 1 unspecified atom stereocenters. The zero-order valence-electron chi connectivity index (χ0n) is 10.1. The van der Waals surface area contributed by atoms with E-state index in [1.165, 1.54) is 31.0 Å². The molecule has 18 heavy (non-hydrogen) atoms. The smallest absolute Gasteiger partial charge is 0.255 e. The topological polar surface area (TPSA) is 69.6 Å². The van der Waals surface area contributed by atoms with Gasteiger partial charge in [0.25, 0.3) is 5.91 Å². The van der Waals surface area contributed by atoms with Crippen LogP contribution in [0, 0.1) is 0 Å². The van der Waals surface area contributed by atoms with Crippen LogP contribution in [0.5, 0.6) is 11.5 Å². The van der Waals surface area contributed by atoms with Gasteiger partial charge in [-0.1, -0.05) is 6.42 Å². The third-order valence-electron chi connectivity index (χ3n) is 2.99. The van der Waals surface area contributed by atoms with E-state index in [2.05, 4.69) is 5.32 Å². The summed E-state index contributed by atoms with van der Waals surface area (Å²) < 4.78 is 0. The monoisotopic (exact) mass is 267 g/mol. The minimum Gasteiger partial charge on any atom is -0.508 e. The molecule has 1 heterocycles. The molecule has 98 valence electrons. The first-order valence-corrected chi connectivity index (χ1v) is 7.13. The van der Waals surface area contributed by atoms with Gasteiger partial charge in [-0.25, -0.2) is 0 Å². The lowest BCUT2D eigenvalue weighted by Crippen LogP contribution is -2.31. The fourth-order valence-electron chi connectivity index (χ4n) is 1.98. The number of carbonyl (C=O) groups excluding carboxylic acids is 1. The Labute approximate surface area is 110 Å². The second-order valence-electron chi connectivity index (χ2n) is 4.40. The molecule has 0 aliphatic carbocycles. The SMILES string of the molecule is O=C(NCC1CCCCS1)c1cc(O)ccc1O. The zero-order chi connectivity index (χ0) is 13.0. The average Bonchev–Trinajstić information content (AvgIpc) is 2.40. The molecule has 3 N–H and O–H groups in total. The Bertz CT molecular complexity index is 430. The maximum atomic E-state index is 11.9. The van der Waals surface area contributed by atoms with Gasteiger partial charge < -0.3 is 15.5 Å². The number of hydrogen-bond donors (Lipinski definition) is 3. The van der Waals surface area contributed by atoms with E-state index in [1.54, 1.807) is 0 Å². The maximum absolute atomic E-state index is 11.9. The minimum atomic E-state index is -0.338. The number of thioether (sulfide) groups is 1. The van der Waals surface area contributed by atoms with Crippen LogP contribution in [0.15, 0.2) is 18.2 Å². The summed E-state index contributed by atoms with van der Waals surface area (Å²) in [4.78, 5) is 11.9. The van der Waals surface area contributed by atoms with Crippen molar-refractivity contribution < 1.29 is 15.0 Å². The van der Waals surface area contributed by atoms with E-state index < -0.39 is 0 Å². The highest BCUT2D eigenvalue weighted by Gasteiger charge is 2.17. The van der Waals surface area contributed by atoms with Crippen LogP contribution in [0.3, 0.4) is 0 Å². The van der Waals surface area contributed by atoms with Crippen molar-refractivity contribution in [1.82, 2.24) is 5.32 Å². The summed E-state index contributed by atoms with van der Waals surface area (Å²) in [6.45, 7) is 0.610. The predicted octanol–water partition coefficient (Wildman–Crippen LogP) is 2.11. The van der Waals surface area contributed by atoms with Gasteiger partial charge in [-0.05, 0) is 36.8 Å². The number of benzene rings is 1. The van der Waals surface area contributed by atoms with Crippen LogP contribution in [-0.4, -0.2) is 33.7 Å². The van der Waals surface area contributed by atoms with Crippen molar-refractivity contribution in [3.63, 3.8) is 0 Å². The first kappa shape index (κ1) is 13.1. The van der Waals surface area contributed by atoms with Crippen LogP contribution in [0.4, 0.5) is 0 Å². The Morgan fingerprint density at radius 3 is 2.94 bits per heavy atom. The highest BCUT2D eigenvalue weighted by Crippen LogP contribution is 2.25. The van der Waals surface area contributed by atoms with Crippen molar-refractivity contribution in [2.45, 2.75) is 24.5 Å². The molecule has 1 saturated heterocycles. The summed E-state index contributed by atoms with van der Waals surface area (Å²) in [5.74, 6) is 0.680. The summed E-state index contributed by atoms with van der Waals surface area (Å²) in [6.07, 6.45) is 3.59. The van der Waals surface area contributed by atoms with Crippen LogP contribution in [0.2, 0.25) is 0 Å². The van der Waals surface area contributed by atoms with E-state index in [9.17, 15) is 15.0 Å². The number of amides is 1. The van der Waals surface area contributed by atoms with Crippen molar-refractivity contribution in [2.24, 2.45) is 0 Å². The van der Waals surface area contributed by atoms with Crippen molar-refractivity contribution in [1.29, 1.82) is 0 Å². The highest BCUT2D eigenvalue weighted by molar-refractivity contribution is 7.99. The normalized spacial score (nSPS) is 19.4. The molecular weight excluding hydrogens is 250 g/mol. The van der Waals surface area contributed by atoms with E-state index in [0.717, 1.165) is 12.2 Å². The first-order chi connectivity index (χ1) is 8.66. The van der Waals surface area contributed by atoms with Crippen LogP contribution in [0.25, 0.3) is 0 Å². The van der Waals surface area contributed by atoms with Gasteiger partial charge in [0.2, 0.25) is 0 Å². The Hall–Kier alpha value is -1.36. The van der Waals surface area contributed by atoms with Gasteiger partial charge in [-0.2, -0.15) is 11.8 Å². The molecule has 1 amide bonds. The summed E-state index contributed by atoms with van der Waals surface area (Å²) in [6, 6.07) is 3.95. The third kappa shape index (κ3) is 3.32. The van der Waals surface area contributed by atoms with E-state index in [1.807, 2.05) is 11.8 Å². The lowest BCUT2D eigenvalue weighted by molar-refractivity contribution is 0.0950. The number of hydrogen-bond acceptors (Lipinski definition) is 4. The fraction of sp³-hybridized carbons (Fsp3) is 0.462. The average molecular weight is 267 g/mol. The Kier molecular flexibility index (Phi) is 4.36. The van der Waals surface area contributed by atoms with E-state index in [-0.39, 0.29) is 23.0 Å². The van der Waals surface area contributed by atoms with Gasteiger partial charge in [0, 0.05) is 11.8 Å². The third-order valence-corrected chi connectivity index (χ3v) is 4.39. The first-order valence-electron chi connectivity index (χ1n) is 6.08. The molecular formula is C13H17NO3S. The highest BCUT2D eigenvalue weighted by atomic mass is 32.2. The van der Waals surface area contributed by atoms with Gasteiger partial charge in [0.15, 0.2) is 0 Å². The maximum Gasteiger partial charge on any atom is 0.255 e. The van der Waals surface area contributed by atoms with Gasteiger partial charge in [-0.3, -0.25) is 4.79 Å². The number of carbonyl (C=O) groups is 1. The molecule has 1 aromatic carbocycles. The molecule has 0 spiro atoms. The minimum absolute atomic E-state index is 0.0232. The molecule has 4 nitrogen and oxygen atoms in total. The van der Waals surface area contributed by atoms with E-state index in [0.29, 0.717) is 11.8 Å². The second kappa shape index (κ2) is 6.00. The molecule has 0 radical (unpaired) electrons. The lowest BCUT2D eigenvalue weighted by atomic mass is 10.1. The summed E-state index contributed by atoms with van der Waals surface area (Å²) >= 11 is 1.88. The Morgan fingerprint density at radius 2 is 2.22 bits per heavy atom. The van der Waals surface area contributed by atoms with Crippen LogP contribution in [0.1, 0.15) is 29.6 Å². The molecule has 1 fully saturated rings. The molecule has 0 bridgehead atoms. The van der Waals surface area contributed by atoms with Crippen molar-refractivity contribution in [3.05, 3.63) is 23.8 Å². The standard InChI is InChI=1S/C13H17NO3S/c15-9-4-5-12(16)11(7-9)13(17)14-8-10-3-1-2-6-18-10/h4-5,7,10,15-16H,1-3,6,8H2,(H,14,17). The Morgan fingerprint density at radius 1 is 1.39 bits per heavy atom. The predicted molar refractivity (Wildman–Crippen MR) is 72.2 cm³/mol. The van der Waals surface area contributed by atoms with Crippen molar-refractivity contribution in [2.75, 3.05) is 12.3 Å². The van der Waals surface area contributed by atoms with Gasteiger partial charge in [0.05, 0.1) is 5.56 Å². The van der Waals surface area contributed by atoms with Gasteiger partial charge >= 0.3 is 0 Å². The van der Waals surface area contributed by atoms with Crippen molar-refractivity contribution >= 4 is 17.7 Å². The molecule has 2 rings (SSSR count). The van der Waals surface area contributed by atoms with Crippen LogP contribution in [-0.2, 0) is 0 Å². The largest absolute Gasteiger partial charge is 0.508 e. The van der Waals surface area contributed by atoms with Crippen molar-refractivity contribution in [3.8, 4) is 11.5 Å². The lowest BCUT2D eigenvalue weighted by Gasteiger charge is -2.21.